The first-order valence-corrected chi connectivity index (χ1v) is 6.96. The Labute approximate surface area is 136 Å². The van der Waals surface area contributed by atoms with E-state index >= 15 is 0 Å². The Hall–Kier alpha value is -1.79. The van der Waals surface area contributed by atoms with E-state index in [0.717, 1.165) is 5.56 Å². The maximum absolute atomic E-state index is 12.5. The lowest BCUT2D eigenvalue weighted by atomic mass is 10.1. The highest BCUT2D eigenvalue weighted by atomic mass is 35.5. The first-order valence-electron chi connectivity index (χ1n) is 6.96. The van der Waals surface area contributed by atoms with E-state index < -0.39 is 0 Å². The third-order valence-corrected chi connectivity index (χ3v) is 3.73. The summed E-state index contributed by atoms with van der Waals surface area (Å²) in [6, 6.07) is 5.37. The molecule has 0 unspecified atom stereocenters. The van der Waals surface area contributed by atoms with E-state index in [1.165, 1.54) is 7.11 Å². The molecule has 6 nitrogen and oxygen atoms in total. The maximum Gasteiger partial charge on any atom is 0.319 e. The smallest absolute Gasteiger partial charge is 0.319 e. The van der Waals surface area contributed by atoms with Gasteiger partial charge in [0.05, 0.1) is 13.7 Å². The number of aryl methyl sites for hydroxylation is 1. The normalized spacial score (nSPS) is 15.1. The second kappa shape index (κ2) is 8.00. The SMILES string of the molecule is COC(=O)CN1CCN(C(=O)c2cc(N)ccc2C)CC1.Cl. The maximum atomic E-state index is 12.5. The van der Waals surface area contributed by atoms with Crippen molar-refractivity contribution in [2.45, 2.75) is 6.92 Å². The number of piperazine rings is 1. The Morgan fingerprint density at radius 1 is 1.23 bits per heavy atom. The molecule has 2 N–H and O–H groups in total. The molecule has 0 bridgehead atoms. The molecule has 22 heavy (non-hydrogen) atoms. The van der Waals surface area contributed by atoms with E-state index in [1.54, 1.807) is 17.0 Å². The Bertz CT molecular complexity index is 543. The van der Waals surface area contributed by atoms with E-state index in [-0.39, 0.29) is 30.8 Å². The fraction of sp³-hybridized carbons (Fsp3) is 0.467. The van der Waals surface area contributed by atoms with Crippen LogP contribution in [0.3, 0.4) is 0 Å². The zero-order valence-corrected chi connectivity index (χ0v) is 13.7. The van der Waals surface area contributed by atoms with Crippen molar-refractivity contribution in [2.75, 3.05) is 45.6 Å². The van der Waals surface area contributed by atoms with Crippen molar-refractivity contribution >= 4 is 30.0 Å². The van der Waals surface area contributed by atoms with Crippen molar-refractivity contribution in [3.05, 3.63) is 29.3 Å². The average molecular weight is 328 g/mol. The zero-order valence-electron chi connectivity index (χ0n) is 12.9. The number of methoxy groups -OCH3 is 1. The topological polar surface area (TPSA) is 75.9 Å². The summed E-state index contributed by atoms with van der Waals surface area (Å²) in [4.78, 5) is 27.5. The molecule has 0 saturated carbocycles. The van der Waals surface area contributed by atoms with Crippen LogP contribution in [0, 0.1) is 6.92 Å². The fourth-order valence-corrected chi connectivity index (χ4v) is 2.40. The molecule has 1 saturated heterocycles. The summed E-state index contributed by atoms with van der Waals surface area (Å²) >= 11 is 0. The zero-order chi connectivity index (χ0) is 15.4. The summed E-state index contributed by atoms with van der Waals surface area (Å²) in [6.07, 6.45) is 0. The molecule has 1 aromatic carbocycles. The van der Waals surface area contributed by atoms with Crippen molar-refractivity contribution in [1.29, 1.82) is 0 Å². The van der Waals surface area contributed by atoms with Crippen LogP contribution in [0.2, 0.25) is 0 Å². The van der Waals surface area contributed by atoms with Gasteiger partial charge in [-0.15, -0.1) is 12.4 Å². The molecule has 122 valence electrons. The van der Waals surface area contributed by atoms with Crippen LogP contribution in [0.4, 0.5) is 5.69 Å². The lowest BCUT2D eigenvalue weighted by molar-refractivity contribution is -0.142. The molecule has 1 fully saturated rings. The minimum atomic E-state index is -0.249. The van der Waals surface area contributed by atoms with Gasteiger partial charge in [0.1, 0.15) is 0 Å². The number of hydrogen-bond donors (Lipinski definition) is 1. The summed E-state index contributed by atoms with van der Waals surface area (Å²) in [6.45, 7) is 4.72. The van der Waals surface area contributed by atoms with Crippen LogP contribution in [0.5, 0.6) is 0 Å². The van der Waals surface area contributed by atoms with Gasteiger partial charge >= 0.3 is 5.97 Å². The number of benzene rings is 1. The molecule has 0 radical (unpaired) electrons. The average Bonchev–Trinajstić information content (AvgIpc) is 2.49. The summed E-state index contributed by atoms with van der Waals surface area (Å²) in [5.41, 5.74) is 7.92. The summed E-state index contributed by atoms with van der Waals surface area (Å²) in [5.74, 6) is -0.251. The van der Waals surface area contributed by atoms with Crippen LogP contribution >= 0.6 is 12.4 Å². The van der Waals surface area contributed by atoms with Crippen molar-refractivity contribution in [2.24, 2.45) is 0 Å². The molecule has 1 aliphatic rings. The number of halogens is 1. The Morgan fingerprint density at radius 3 is 2.45 bits per heavy atom. The van der Waals surface area contributed by atoms with Crippen molar-refractivity contribution in [3.8, 4) is 0 Å². The number of anilines is 1. The highest BCUT2D eigenvalue weighted by molar-refractivity contribution is 5.96. The van der Waals surface area contributed by atoms with Gasteiger partial charge in [0.2, 0.25) is 0 Å². The minimum absolute atomic E-state index is 0. The van der Waals surface area contributed by atoms with E-state index in [4.69, 9.17) is 5.73 Å². The number of esters is 1. The van der Waals surface area contributed by atoms with Crippen LogP contribution < -0.4 is 5.73 Å². The molecular formula is C15H22ClN3O3. The van der Waals surface area contributed by atoms with Gasteiger partial charge in [-0.3, -0.25) is 14.5 Å². The van der Waals surface area contributed by atoms with Crippen LogP contribution in [-0.4, -0.2) is 61.5 Å². The summed E-state index contributed by atoms with van der Waals surface area (Å²) < 4.78 is 4.65. The van der Waals surface area contributed by atoms with Crippen LogP contribution in [0.1, 0.15) is 15.9 Å². The lowest BCUT2D eigenvalue weighted by Gasteiger charge is -2.34. The molecule has 7 heteroatoms. The van der Waals surface area contributed by atoms with Gasteiger partial charge in [-0.2, -0.15) is 0 Å². The number of carbonyl (C=O) groups is 2. The second-order valence-electron chi connectivity index (χ2n) is 5.22. The number of nitrogen functional groups attached to an aromatic ring is 1. The standard InChI is InChI=1S/C15H21N3O3.ClH/c1-11-3-4-12(16)9-13(11)15(20)18-7-5-17(6-8-18)10-14(19)21-2;/h3-4,9H,5-8,10,16H2,1-2H3;1H. The van der Waals surface area contributed by atoms with E-state index in [1.807, 2.05) is 17.9 Å². The fourth-order valence-electron chi connectivity index (χ4n) is 2.40. The van der Waals surface area contributed by atoms with E-state index in [0.29, 0.717) is 37.4 Å². The summed E-state index contributed by atoms with van der Waals surface area (Å²) in [5, 5.41) is 0. The Morgan fingerprint density at radius 2 is 1.86 bits per heavy atom. The van der Waals surface area contributed by atoms with Gasteiger partial charge < -0.3 is 15.4 Å². The van der Waals surface area contributed by atoms with Gasteiger partial charge in [-0.1, -0.05) is 6.07 Å². The number of ether oxygens (including phenoxy) is 1. The first kappa shape index (κ1) is 18.3. The lowest BCUT2D eigenvalue weighted by Crippen LogP contribution is -2.50. The van der Waals surface area contributed by atoms with E-state index in [2.05, 4.69) is 4.74 Å². The van der Waals surface area contributed by atoms with Crippen LogP contribution in [-0.2, 0) is 9.53 Å². The largest absolute Gasteiger partial charge is 0.468 e. The summed E-state index contributed by atoms with van der Waals surface area (Å²) in [7, 11) is 1.38. The third kappa shape index (κ3) is 4.35. The monoisotopic (exact) mass is 327 g/mol. The van der Waals surface area contributed by atoms with Crippen LogP contribution in [0.25, 0.3) is 0 Å². The first-order chi connectivity index (χ1) is 10.0. The molecule has 1 aromatic rings. The van der Waals surface area contributed by atoms with Gasteiger partial charge in [0.25, 0.3) is 5.91 Å². The molecule has 0 aromatic heterocycles. The van der Waals surface area contributed by atoms with Gasteiger partial charge in [0, 0.05) is 37.4 Å². The van der Waals surface area contributed by atoms with Crippen molar-refractivity contribution in [1.82, 2.24) is 9.80 Å². The quantitative estimate of drug-likeness (QED) is 0.660. The molecule has 1 aliphatic heterocycles. The Balaban J connectivity index is 0.00000242. The highest BCUT2D eigenvalue weighted by Crippen LogP contribution is 2.16. The molecule has 2 rings (SSSR count). The van der Waals surface area contributed by atoms with Gasteiger partial charge in [0.15, 0.2) is 0 Å². The molecule has 0 atom stereocenters. The molecule has 1 amide bonds. The molecule has 1 heterocycles. The number of nitrogens with two attached hydrogens (primary N) is 1. The molecule has 0 spiro atoms. The van der Waals surface area contributed by atoms with Crippen molar-refractivity contribution in [3.63, 3.8) is 0 Å². The number of rotatable bonds is 3. The molecule has 0 aliphatic carbocycles. The second-order valence-corrected chi connectivity index (χ2v) is 5.22. The Kier molecular flexibility index (Phi) is 6.64. The number of amides is 1. The third-order valence-electron chi connectivity index (χ3n) is 3.73. The number of nitrogens with zero attached hydrogens (tertiary/aromatic N) is 2. The van der Waals surface area contributed by atoms with E-state index in [9.17, 15) is 9.59 Å². The predicted molar refractivity (Wildman–Crippen MR) is 87.2 cm³/mol. The van der Waals surface area contributed by atoms with Crippen LogP contribution in [0.15, 0.2) is 18.2 Å². The highest BCUT2D eigenvalue weighted by Gasteiger charge is 2.24. The van der Waals surface area contributed by atoms with Gasteiger partial charge in [-0.05, 0) is 24.6 Å². The van der Waals surface area contributed by atoms with Gasteiger partial charge in [-0.25, -0.2) is 0 Å². The van der Waals surface area contributed by atoms with Crippen molar-refractivity contribution < 1.29 is 14.3 Å². The number of carbonyl (C=O) groups excluding carboxylic acids is 2. The number of hydrogen-bond acceptors (Lipinski definition) is 5. The minimum Gasteiger partial charge on any atom is -0.468 e. The molecular weight excluding hydrogens is 306 g/mol. The predicted octanol–water partition coefficient (Wildman–Crippen LogP) is 0.930.